The van der Waals surface area contributed by atoms with Crippen LogP contribution in [0.4, 0.5) is 8.78 Å². The third-order valence-corrected chi connectivity index (χ3v) is 5.35. The molecule has 1 aromatic rings. The normalized spacial score (nSPS) is 24.9. The van der Waals surface area contributed by atoms with Crippen LogP contribution < -0.4 is 5.73 Å². The van der Waals surface area contributed by atoms with E-state index in [1.807, 2.05) is 24.3 Å². The second-order valence-corrected chi connectivity index (χ2v) is 7.24. The zero-order valence-electron chi connectivity index (χ0n) is 16.3. The van der Waals surface area contributed by atoms with Gasteiger partial charge in [0.05, 0.1) is 0 Å². The lowest BCUT2D eigenvalue weighted by Gasteiger charge is -2.34. The molecule has 0 aromatic heterocycles. The van der Waals surface area contributed by atoms with Crippen LogP contribution >= 0.6 is 0 Å². The third kappa shape index (κ3) is 3.41. The number of allylic oxidation sites excluding steroid dienone is 2. The van der Waals surface area contributed by atoms with E-state index in [0.29, 0.717) is 12.0 Å². The first-order valence-electron chi connectivity index (χ1n) is 9.35. The Kier molecular flexibility index (Phi) is 5.54. The Hall–Kier alpha value is -2.70. The highest BCUT2D eigenvalue weighted by Crippen LogP contribution is 2.45. The van der Waals surface area contributed by atoms with Crippen molar-refractivity contribution in [3.05, 3.63) is 58.9 Å². The molecule has 150 valence electrons. The number of amides is 1. The van der Waals surface area contributed by atoms with E-state index in [-0.39, 0.29) is 23.5 Å². The predicted octanol–water partition coefficient (Wildman–Crippen LogP) is 3.71. The van der Waals surface area contributed by atoms with Crippen LogP contribution in [0, 0.1) is 5.92 Å². The number of nitrogens with zero attached hydrogens (tertiary/aromatic N) is 2. The number of aryl methyl sites for hydroxylation is 1. The predicted molar refractivity (Wildman–Crippen MR) is 104 cm³/mol. The summed E-state index contributed by atoms with van der Waals surface area (Å²) in [6.07, 6.45) is 5.47. The summed E-state index contributed by atoms with van der Waals surface area (Å²) in [4.78, 5) is 19.3. The molecule has 0 saturated carbocycles. The van der Waals surface area contributed by atoms with Crippen LogP contribution in [0.5, 0.6) is 0 Å². The standard InChI is InChI=1S/C21H25F2N3O2/c1-4-6-14-7-5-8-15(12-14)21(18(27)26(3)20(24)25-21)16-9-10-17(13(2)11-16)28-19(22)23/h5,7-10,12,16,19H,4,6,11H2,1-3H3,(H2,24,25)/t16?,21-/m0/s1. The summed E-state index contributed by atoms with van der Waals surface area (Å²) in [5.74, 6) is -0.294. The van der Waals surface area contributed by atoms with Crippen molar-refractivity contribution in [1.82, 2.24) is 4.90 Å². The lowest BCUT2D eigenvalue weighted by Crippen LogP contribution is -2.45. The minimum absolute atomic E-state index is 0.136. The van der Waals surface area contributed by atoms with Gasteiger partial charge in [-0.05, 0) is 42.5 Å². The van der Waals surface area contributed by atoms with Crippen molar-refractivity contribution in [1.29, 1.82) is 0 Å². The number of carbonyl (C=O) groups is 1. The number of alkyl halides is 2. The molecule has 0 bridgehead atoms. The Labute approximate surface area is 163 Å². The van der Waals surface area contributed by atoms with Gasteiger partial charge >= 0.3 is 6.61 Å². The Morgan fingerprint density at radius 1 is 1.43 bits per heavy atom. The van der Waals surface area contributed by atoms with E-state index >= 15 is 0 Å². The lowest BCUT2D eigenvalue weighted by atomic mass is 9.73. The van der Waals surface area contributed by atoms with Gasteiger partial charge in [-0.2, -0.15) is 8.78 Å². The van der Waals surface area contributed by atoms with Gasteiger partial charge in [0.15, 0.2) is 11.5 Å². The van der Waals surface area contributed by atoms with Gasteiger partial charge in [-0.1, -0.05) is 43.7 Å². The molecule has 1 aromatic carbocycles. The molecule has 7 heteroatoms. The van der Waals surface area contributed by atoms with E-state index in [0.717, 1.165) is 24.0 Å². The van der Waals surface area contributed by atoms with Crippen LogP contribution in [0.2, 0.25) is 0 Å². The molecule has 1 aliphatic carbocycles. The van der Waals surface area contributed by atoms with Crippen molar-refractivity contribution in [3.63, 3.8) is 0 Å². The SMILES string of the molecule is CCCc1cccc([C@@]2(C3C=CC(OC(F)F)=C(C)C3)N=C(N)N(C)C2=O)c1. The monoisotopic (exact) mass is 389 g/mol. The average molecular weight is 389 g/mol. The van der Waals surface area contributed by atoms with E-state index < -0.39 is 12.2 Å². The Balaban J connectivity index is 2.06. The van der Waals surface area contributed by atoms with E-state index in [1.165, 1.54) is 11.0 Å². The van der Waals surface area contributed by atoms with Gasteiger partial charge < -0.3 is 10.5 Å². The van der Waals surface area contributed by atoms with E-state index in [9.17, 15) is 13.6 Å². The summed E-state index contributed by atoms with van der Waals surface area (Å²) in [5, 5.41) is 0. The molecule has 1 unspecified atom stereocenters. The van der Waals surface area contributed by atoms with Crippen molar-refractivity contribution < 1.29 is 18.3 Å². The van der Waals surface area contributed by atoms with Gasteiger partial charge in [0.25, 0.3) is 5.91 Å². The quantitative estimate of drug-likeness (QED) is 0.806. The van der Waals surface area contributed by atoms with Gasteiger partial charge in [-0.3, -0.25) is 9.69 Å². The number of hydrogen-bond donors (Lipinski definition) is 1. The number of carbonyl (C=O) groups excluding carboxylic acids is 1. The molecule has 1 aliphatic heterocycles. The Morgan fingerprint density at radius 2 is 2.18 bits per heavy atom. The number of halogens is 2. The number of guanidine groups is 1. The first-order chi connectivity index (χ1) is 13.3. The summed E-state index contributed by atoms with van der Waals surface area (Å²) < 4.78 is 29.8. The van der Waals surface area contributed by atoms with Crippen LogP contribution in [0.3, 0.4) is 0 Å². The van der Waals surface area contributed by atoms with E-state index in [2.05, 4.69) is 16.7 Å². The van der Waals surface area contributed by atoms with Crippen LogP contribution in [-0.4, -0.2) is 30.4 Å². The highest BCUT2D eigenvalue weighted by Gasteiger charge is 2.53. The highest BCUT2D eigenvalue weighted by molar-refractivity contribution is 6.07. The molecule has 0 saturated heterocycles. The second kappa shape index (κ2) is 7.73. The number of benzene rings is 1. The minimum Gasteiger partial charge on any atom is -0.435 e. The summed E-state index contributed by atoms with van der Waals surface area (Å²) in [6.45, 7) is 0.931. The Morgan fingerprint density at radius 3 is 2.75 bits per heavy atom. The molecule has 28 heavy (non-hydrogen) atoms. The van der Waals surface area contributed by atoms with Crippen molar-refractivity contribution in [2.24, 2.45) is 16.6 Å². The average Bonchev–Trinajstić information content (AvgIpc) is 2.88. The molecular weight excluding hydrogens is 364 g/mol. The highest BCUT2D eigenvalue weighted by atomic mass is 19.3. The fourth-order valence-electron chi connectivity index (χ4n) is 3.93. The fraction of sp³-hybridized carbons (Fsp3) is 0.429. The molecule has 2 aliphatic rings. The van der Waals surface area contributed by atoms with Crippen molar-refractivity contribution >= 4 is 11.9 Å². The van der Waals surface area contributed by atoms with Crippen LogP contribution in [-0.2, 0) is 21.5 Å². The molecule has 3 rings (SSSR count). The van der Waals surface area contributed by atoms with Crippen molar-refractivity contribution in [2.75, 3.05) is 7.05 Å². The number of aliphatic imine (C=N–C) groups is 1. The molecule has 5 nitrogen and oxygen atoms in total. The topological polar surface area (TPSA) is 67.9 Å². The minimum atomic E-state index is -2.89. The summed E-state index contributed by atoms with van der Waals surface area (Å²) in [5.41, 5.74) is 7.32. The third-order valence-electron chi connectivity index (χ3n) is 5.35. The van der Waals surface area contributed by atoms with Gasteiger partial charge in [0, 0.05) is 13.0 Å². The second-order valence-electron chi connectivity index (χ2n) is 7.24. The maximum atomic E-state index is 13.3. The van der Waals surface area contributed by atoms with Crippen molar-refractivity contribution in [2.45, 2.75) is 45.3 Å². The number of hydrogen-bond acceptors (Lipinski definition) is 4. The largest absolute Gasteiger partial charge is 0.435 e. The molecular formula is C21H25F2N3O2. The molecule has 2 N–H and O–H groups in total. The zero-order chi connectivity index (χ0) is 20.5. The molecule has 0 fully saturated rings. The maximum absolute atomic E-state index is 13.3. The van der Waals surface area contributed by atoms with Gasteiger partial charge in [0.2, 0.25) is 0 Å². The van der Waals surface area contributed by atoms with E-state index in [1.54, 1.807) is 20.0 Å². The number of rotatable bonds is 6. The molecule has 0 spiro atoms. The van der Waals surface area contributed by atoms with Crippen molar-refractivity contribution in [3.8, 4) is 0 Å². The number of nitrogens with two attached hydrogens (primary N) is 1. The molecule has 2 atom stereocenters. The van der Waals surface area contributed by atoms with Gasteiger partial charge in [-0.15, -0.1) is 0 Å². The fourth-order valence-corrected chi connectivity index (χ4v) is 3.93. The molecule has 1 amide bonds. The summed E-state index contributed by atoms with van der Waals surface area (Å²) in [6, 6.07) is 7.81. The first-order valence-corrected chi connectivity index (χ1v) is 9.35. The van der Waals surface area contributed by atoms with Gasteiger partial charge in [-0.25, -0.2) is 4.99 Å². The number of likely N-dealkylation sites (N-methyl/N-ethyl adjacent to an activating group) is 1. The van der Waals surface area contributed by atoms with Crippen LogP contribution in [0.25, 0.3) is 0 Å². The smallest absolute Gasteiger partial charge is 0.387 e. The lowest BCUT2D eigenvalue weighted by molar-refractivity contribution is -0.132. The number of ether oxygens (including phenoxy) is 1. The maximum Gasteiger partial charge on any atom is 0.387 e. The van der Waals surface area contributed by atoms with Crippen LogP contribution in [0.15, 0.2) is 52.7 Å². The van der Waals surface area contributed by atoms with Crippen LogP contribution in [0.1, 0.15) is 37.8 Å². The van der Waals surface area contributed by atoms with Gasteiger partial charge in [0.1, 0.15) is 5.76 Å². The first kappa shape index (κ1) is 20.0. The summed E-state index contributed by atoms with van der Waals surface area (Å²) >= 11 is 0. The Bertz CT molecular complexity index is 863. The summed E-state index contributed by atoms with van der Waals surface area (Å²) in [7, 11) is 1.60. The zero-order valence-corrected chi connectivity index (χ0v) is 16.3. The van der Waals surface area contributed by atoms with E-state index in [4.69, 9.17) is 5.73 Å². The molecule has 1 heterocycles. The molecule has 0 radical (unpaired) electrons.